The van der Waals surface area contributed by atoms with Gasteiger partial charge in [0.25, 0.3) is 0 Å². The molecule has 5 nitrogen and oxygen atoms in total. The predicted octanol–water partition coefficient (Wildman–Crippen LogP) is 2.31. The van der Waals surface area contributed by atoms with E-state index in [1.807, 2.05) is 30.3 Å². The summed E-state index contributed by atoms with van der Waals surface area (Å²) in [5.41, 5.74) is 0.836. The summed E-state index contributed by atoms with van der Waals surface area (Å²) in [6.07, 6.45) is 1.46. The highest BCUT2D eigenvalue weighted by Gasteiger charge is 2.18. The summed E-state index contributed by atoms with van der Waals surface area (Å²) >= 11 is 1.29. The van der Waals surface area contributed by atoms with Gasteiger partial charge >= 0.3 is 5.70 Å². The molecule has 6 heteroatoms. The highest BCUT2D eigenvalue weighted by Crippen LogP contribution is 2.18. The fourth-order valence-electron chi connectivity index (χ4n) is 1.23. The predicted molar refractivity (Wildman–Crippen MR) is 64.0 cm³/mol. The average molecular weight is 235 g/mol. The molecule has 0 aliphatic carbocycles. The van der Waals surface area contributed by atoms with Crippen LogP contribution in [0.4, 0.5) is 5.69 Å². The summed E-state index contributed by atoms with van der Waals surface area (Å²) in [7, 11) is 0. The summed E-state index contributed by atoms with van der Waals surface area (Å²) in [5, 5.41) is 15.4. The van der Waals surface area contributed by atoms with Crippen molar-refractivity contribution in [3.8, 4) is 0 Å². The van der Waals surface area contributed by atoms with Gasteiger partial charge in [0.2, 0.25) is 0 Å². The number of allylic oxidation sites excluding steroid dienone is 1. The summed E-state index contributed by atoms with van der Waals surface area (Å²) in [5.74, 6) is 0.392. The monoisotopic (exact) mass is 235 g/mol. The topological polar surface area (TPSA) is 67.2 Å². The van der Waals surface area contributed by atoms with Gasteiger partial charge in [0, 0.05) is 11.8 Å². The largest absolute Gasteiger partial charge is 0.336 e. The second kappa shape index (κ2) is 4.71. The number of benzene rings is 1. The van der Waals surface area contributed by atoms with E-state index in [-0.39, 0.29) is 5.70 Å². The molecule has 0 aromatic heterocycles. The first kappa shape index (κ1) is 10.6. The van der Waals surface area contributed by atoms with Crippen molar-refractivity contribution in [3.05, 3.63) is 63.4 Å². The Morgan fingerprint density at radius 2 is 2.06 bits per heavy atom. The molecule has 2 rings (SSSR count). The summed E-state index contributed by atoms with van der Waals surface area (Å²) in [6.45, 7) is 0. The first-order chi connectivity index (χ1) is 7.77. The van der Waals surface area contributed by atoms with E-state index in [1.54, 1.807) is 5.41 Å². The van der Waals surface area contributed by atoms with Crippen molar-refractivity contribution in [1.29, 1.82) is 0 Å². The Morgan fingerprint density at radius 1 is 1.31 bits per heavy atom. The van der Waals surface area contributed by atoms with E-state index in [0.29, 0.717) is 5.82 Å². The maximum Gasteiger partial charge on any atom is 0.310 e. The van der Waals surface area contributed by atoms with Crippen LogP contribution >= 0.6 is 11.9 Å². The van der Waals surface area contributed by atoms with Crippen LogP contribution in [0.15, 0.2) is 53.3 Å². The van der Waals surface area contributed by atoms with Crippen molar-refractivity contribution in [2.24, 2.45) is 0 Å². The number of para-hydroxylation sites is 1. The van der Waals surface area contributed by atoms with Crippen molar-refractivity contribution >= 4 is 17.6 Å². The van der Waals surface area contributed by atoms with Gasteiger partial charge in [0.1, 0.15) is 0 Å². The molecule has 1 aromatic carbocycles. The zero-order valence-corrected chi connectivity index (χ0v) is 9.03. The van der Waals surface area contributed by atoms with Crippen LogP contribution in [0.2, 0.25) is 0 Å². The molecule has 1 heterocycles. The molecule has 16 heavy (non-hydrogen) atoms. The molecule has 1 aliphatic rings. The molecule has 0 amide bonds. The van der Waals surface area contributed by atoms with Crippen molar-refractivity contribution in [2.45, 2.75) is 0 Å². The number of hydrogen-bond acceptors (Lipinski definition) is 5. The smallest absolute Gasteiger partial charge is 0.310 e. The van der Waals surface area contributed by atoms with E-state index in [1.165, 1.54) is 18.0 Å². The molecule has 1 aliphatic heterocycles. The third kappa shape index (κ3) is 2.34. The lowest BCUT2D eigenvalue weighted by Crippen LogP contribution is -2.20. The molecule has 0 unspecified atom stereocenters. The van der Waals surface area contributed by atoms with Crippen LogP contribution in [-0.2, 0) is 0 Å². The van der Waals surface area contributed by atoms with Crippen molar-refractivity contribution in [3.63, 3.8) is 0 Å². The molecule has 2 N–H and O–H groups in total. The van der Waals surface area contributed by atoms with E-state index in [2.05, 4.69) is 10.0 Å². The maximum atomic E-state index is 10.8. The molecule has 0 spiro atoms. The van der Waals surface area contributed by atoms with Crippen molar-refractivity contribution < 1.29 is 4.92 Å². The molecule has 0 fully saturated rings. The van der Waals surface area contributed by atoms with Crippen LogP contribution in [0.25, 0.3) is 0 Å². The number of hydrogen-bond donors (Lipinski definition) is 2. The van der Waals surface area contributed by atoms with Crippen LogP contribution in [0, 0.1) is 10.1 Å². The molecule has 1 aromatic rings. The molecule has 0 atom stereocenters. The van der Waals surface area contributed by atoms with Crippen LogP contribution in [0.1, 0.15) is 0 Å². The first-order valence-electron chi connectivity index (χ1n) is 4.56. The van der Waals surface area contributed by atoms with E-state index in [0.717, 1.165) is 5.69 Å². The quantitative estimate of drug-likeness (QED) is 0.478. The lowest BCUT2D eigenvalue weighted by Gasteiger charge is -2.13. The highest BCUT2D eigenvalue weighted by atomic mass is 32.2. The zero-order valence-electron chi connectivity index (χ0n) is 8.21. The Hall–Kier alpha value is -1.95. The number of nitrogens with one attached hydrogen (secondary N) is 2. The summed E-state index contributed by atoms with van der Waals surface area (Å²) in [4.78, 5) is 10.3. The van der Waals surface area contributed by atoms with E-state index < -0.39 is 4.92 Å². The fourth-order valence-corrected chi connectivity index (χ4v) is 1.77. The minimum atomic E-state index is -0.422. The number of rotatable bonds is 3. The molecular weight excluding hydrogens is 226 g/mol. The second-order valence-corrected chi connectivity index (χ2v) is 3.74. The minimum Gasteiger partial charge on any atom is -0.336 e. The third-order valence-electron chi connectivity index (χ3n) is 1.95. The van der Waals surface area contributed by atoms with Gasteiger partial charge in [0.05, 0.1) is 4.92 Å². The SMILES string of the molecule is O=[N+]([O-])C1=C(Nc2ccccc2)NSC=C1. The molecule has 0 radical (unpaired) electrons. The van der Waals surface area contributed by atoms with Gasteiger partial charge in [0.15, 0.2) is 5.82 Å². The van der Waals surface area contributed by atoms with Gasteiger partial charge in [-0.2, -0.15) is 0 Å². The third-order valence-corrected chi connectivity index (χ3v) is 2.55. The lowest BCUT2D eigenvalue weighted by atomic mass is 10.3. The number of nitrogens with zero attached hydrogens (tertiary/aromatic N) is 1. The molecule has 0 bridgehead atoms. The zero-order chi connectivity index (χ0) is 11.4. The molecule has 0 saturated heterocycles. The maximum absolute atomic E-state index is 10.8. The second-order valence-electron chi connectivity index (χ2n) is 3.03. The van der Waals surface area contributed by atoms with Crippen LogP contribution in [-0.4, -0.2) is 4.92 Å². The first-order valence-corrected chi connectivity index (χ1v) is 5.44. The summed E-state index contributed by atoms with van der Waals surface area (Å²) < 4.78 is 2.86. The fraction of sp³-hybridized carbons (Fsp3) is 0. The number of nitro groups is 1. The standard InChI is InChI=1S/C10H9N3O2S/c14-13(15)9-6-7-16-12-10(9)11-8-4-2-1-3-5-8/h1-7,11-12H. The van der Waals surface area contributed by atoms with Gasteiger partial charge < -0.3 is 10.0 Å². The normalized spacial score (nSPS) is 14.5. The van der Waals surface area contributed by atoms with E-state index >= 15 is 0 Å². The Bertz CT molecular complexity index is 456. The van der Waals surface area contributed by atoms with E-state index in [4.69, 9.17) is 0 Å². The van der Waals surface area contributed by atoms with Crippen molar-refractivity contribution in [1.82, 2.24) is 4.72 Å². The minimum absolute atomic E-state index is 0.0302. The van der Waals surface area contributed by atoms with Gasteiger partial charge in [-0.25, -0.2) is 0 Å². The highest BCUT2D eigenvalue weighted by molar-refractivity contribution is 8.00. The van der Waals surface area contributed by atoms with Crippen LogP contribution in [0.3, 0.4) is 0 Å². The molecular formula is C10H9N3O2S. The van der Waals surface area contributed by atoms with Crippen molar-refractivity contribution in [2.75, 3.05) is 5.32 Å². The van der Waals surface area contributed by atoms with Gasteiger partial charge in [-0.1, -0.05) is 18.2 Å². The average Bonchev–Trinajstić information content (AvgIpc) is 2.31. The summed E-state index contributed by atoms with van der Waals surface area (Å²) in [6, 6.07) is 9.29. The van der Waals surface area contributed by atoms with Crippen LogP contribution < -0.4 is 10.0 Å². The Labute approximate surface area is 96.5 Å². The van der Waals surface area contributed by atoms with Crippen LogP contribution in [0.5, 0.6) is 0 Å². The Balaban J connectivity index is 2.25. The number of anilines is 1. The van der Waals surface area contributed by atoms with Gasteiger partial charge in [-0.05, 0) is 29.5 Å². The van der Waals surface area contributed by atoms with Gasteiger partial charge in [-0.3, -0.25) is 10.1 Å². The Morgan fingerprint density at radius 3 is 2.75 bits per heavy atom. The lowest BCUT2D eigenvalue weighted by molar-refractivity contribution is -0.420. The molecule has 0 saturated carbocycles. The molecule has 82 valence electrons. The Kier molecular flexibility index (Phi) is 3.11. The van der Waals surface area contributed by atoms with Gasteiger partial charge in [-0.15, -0.1) is 0 Å². The van der Waals surface area contributed by atoms with E-state index in [9.17, 15) is 10.1 Å².